The molecule has 11 aromatic carbocycles. The van der Waals surface area contributed by atoms with Gasteiger partial charge >= 0.3 is 0 Å². The monoisotopic (exact) mass is 892 g/mol. The molecule has 1 aromatic heterocycles. The lowest BCUT2D eigenvalue weighted by atomic mass is 9.67. The Morgan fingerprint density at radius 2 is 0.886 bits per heavy atom. The summed E-state index contributed by atoms with van der Waals surface area (Å²) in [6.07, 6.45) is 0. The van der Waals surface area contributed by atoms with Gasteiger partial charge in [-0.15, -0.1) is 0 Å². The number of anilines is 3. The molecule has 70 heavy (non-hydrogen) atoms. The molecule has 2 aliphatic carbocycles. The topological polar surface area (TPSA) is 8.17 Å². The zero-order chi connectivity index (χ0) is 46.6. The number of hydrogen-bond acceptors (Lipinski definition) is 1. The first-order valence-electron chi connectivity index (χ1n) is 24.5. The van der Waals surface area contributed by atoms with Crippen LogP contribution in [0.25, 0.3) is 71.6 Å². The van der Waals surface area contributed by atoms with E-state index in [9.17, 15) is 0 Å². The molecule has 330 valence electrons. The number of aromatic nitrogens is 1. The highest BCUT2D eigenvalue weighted by molar-refractivity contribution is 6.14. The smallest absolute Gasteiger partial charge is 0.0713 e. The van der Waals surface area contributed by atoms with E-state index < -0.39 is 5.41 Å². The molecular weight excluding hydrogens is 845 g/mol. The molecule has 2 heteroatoms. The zero-order valence-electron chi connectivity index (χ0n) is 39.1. The Balaban J connectivity index is 0.950. The summed E-state index contributed by atoms with van der Waals surface area (Å²) in [5.41, 5.74) is 21.8. The van der Waals surface area contributed by atoms with Crippen LogP contribution >= 0.6 is 0 Å². The van der Waals surface area contributed by atoms with Crippen LogP contribution in [0.5, 0.6) is 0 Å². The minimum Gasteiger partial charge on any atom is -0.310 e. The van der Waals surface area contributed by atoms with Crippen LogP contribution in [0.4, 0.5) is 17.1 Å². The number of hydrogen-bond donors (Lipinski definition) is 0. The van der Waals surface area contributed by atoms with Gasteiger partial charge < -0.3 is 9.47 Å². The van der Waals surface area contributed by atoms with Crippen molar-refractivity contribution in [3.63, 3.8) is 0 Å². The summed E-state index contributed by atoms with van der Waals surface area (Å²) < 4.78 is 2.48. The van der Waals surface area contributed by atoms with Gasteiger partial charge in [0.15, 0.2) is 0 Å². The van der Waals surface area contributed by atoms with Crippen molar-refractivity contribution < 1.29 is 0 Å². The van der Waals surface area contributed by atoms with Crippen LogP contribution in [0.15, 0.2) is 255 Å². The average Bonchev–Trinajstić information content (AvgIpc) is 3.99. The predicted octanol–water partition coefficient (Wildman–Crippen LogP) is 17.7. The van der Waals surface area contributed by atoms with E-state index in [1.165, 1.54) is 93.8 Å². The summed E-state index contributed by atoms with van der Waals surface area (Å²) in [4.78, 5) is 2.43. The number of fused-ring (bicyclic) bond motifs is 10. The number of nitrogens with zero attached hydrogens (tertiary/aromatic N) is 2. The van der Waals surface area contributed by atoms with Crippen molar-refractivity contribution in [2.24, 2.45) is 0 Å². The molecule has 0 spiro atoms. The molecule has 1 heterocycles. The largest absolute Gasteiger partial charge is 0.310 e. The van der Waals surface area contributed by atoms with E-state index in [-0.39, 0.29) is 5.41 Å². The van der Waals surface area contributed by atoms with E-state index in [4.69, 9.17) is 0 Å². The lowest BCUT2D eigenvalue weighted by Gasteiger charge is -2.34. The first kappa shape index (κ1) is 40.4. The molecule has 14 rings (SSSR count). The molecule has 12 aromatic rings. The molecule has 0 bridgehead atoms. The molecule has 0 unspecified atom stereocenters. The third-order valence-corrected chi connectivity index (χ3v) is 15.6. The Bertz CT molecular complexity index is 3970. The van der Waals surface area contributed by atoms with Crippen LogP contribution in [-0.4, -0.2) is 4.57 Å². The van der Waals surface area contributed by atoms with Crippen molar-refractivity contribution in [2.75, 3.05) is 4.90 Å². The van der Waals surface area contributed by atoms with E-state index in [1.807, 2.05) is 0 Å². The van der Waals surface area contributed by atoms with Gasteiger partial charge in [-0.25, -0.2) is 0 Å². The average molecular weight is 893 g/mol. The maximum atomic E-state index is 2.48. The van der Waals surface area contributed by atoms with Gasteiger partial charge in [-0.1, -0.05) is 208 Å². The number of rotatable bonds is 7. The maximum absolute atomic E-state index is 2.48. The molecule has 2 aliphatic rings. The summed E-state index contributed by atoms with van der Waals surface area (Å²) >= 11 is 0. The molecule has 0 aliphatic heterocycles. The third kappa shape index (κ3) is 5.80. The van der Waals surface area contributed by atoms with Crippen molar-refractivity contribution in [1.29, 1.82) is 0 Å². The fraction of sp³-hybridized carbons (Fsp3) is 0.0588. The normalized spacial score (nSPS) is 13.8. The lowest BCUT2D eigenvalue weighted by molar-refractivity contribution is 0.660. The second-order valence-corrected chi connectivity index (χ2v) is 19.6. The molecule has 0 atom stereocenters. The van der Waals surface area contributed by atoms with Gasteiger partial charge in [0.25, 0.3) is 0 Å². The zero-order valence-corrected chi connectivity index (χ0v) is 39.1. The van der Waals surface area contributed by atoms with Crippen LogP contribution in [0.2, 0.25) is 0 Å². The van der Waals surface area contributed by atoms with E-state index in [2.05, 4.69) is 278 Å². The Labute approximate surface area is 409 Å². The molecular formula is C68H48N2. The first-order chi connectivity index (χ1) is 34.5. The van der Waals surface area contributed by atoms with Gasteiger partial charge in [0, 0.05) is 38.9 Å². The van der Waals surface area contributed by atoms with Gasteiger partial charge in [-0.05, 0) is 138 Å². The van der Waals surface area contributed by atoms with E-state index in [0.29, 0.717) is 0 Å². The van der Waals surface area contributed by atoms with Gasteiger partial charge in [0.2, 0.25) is 0 Å². The van der Waals surface area contributed by atoms with Gasteiger partial charge in [-0.3, -0.25) is 0 Å². The Hall–Kier alpha value is -8.72. The summed E-state index contributed by atoms with van der Waals surface area (Å²) in [5.74, 6) is 0. The van der Waals surface area contributed by atoms with Crippen molar-refractivity contribution in [3.8, 4) is 39.1 Å². The fourth-order valence-corrected chi connectivity index (χ4v) is 12.5. The molecule has 0 fully saturated rings. The number of para-hydroxylation sites is 1. The highest BCUT2D eigenvalue weighted by Crippen LogP contribution is 2.58. The molecule has 0 amide bonds. The fourth-order valence-electron chi connectivity index (χ4n) is 12.5. The van der Waals surface area contributed by atoms with Crippen LogP contribution in [0.3, 0.4) is 0 Å². The molecule has 0 radical (unpaired) electrons. The van der Waals surface area contributed by atoms with E-state index >= 15 is 0 Å². The molecule has 0 saturated heterocycles. The van der Waals surface area contributed by atoms with Crippen molar-refractivity contribution >= 4 is 49.6 Å². The molecule has 0 N–H and O–H groups in total. The Morgan fingerprint density at radius 3 is 1.61 bits per heavy atom. The number of benzene rings is 11. The third-order valence-electron chi connectivity index (χ3n) is 15.6. The van der Waals surface area contributed by atoms with Crippen molar-refractivity contribution in [3.05, 3.63) is 288 Å². The minimum absolute atomic E-state index is 0.120. The van der Waals surface area contributed by atoms with Gasteiger partial charge in [0.05, 0.1) is 16.4 Å². The second kappa shape index (κ2) is 15.4. The maximum Gasteiger partial charge on any atom is 0.0713 e. The van der Waals surface area contributed by atoms with Crippen LogP contribution in [0, 0.1) is 0 Å². The van der Waals surface area contributed by atoms with Crippen molar-refractivity contribution in [2.45, 2.75) is 24.7 Å². The second-order valence-electron chi connectivity index (χ2n) is 19.6. The van der Waals surface area contributed by atoms with Gasteiger partial charge in [0.1, 0.15) is 0 Å². The summed E-state index contributed by atoms with van der Waals surface area (Å²) in [5, 5.41) is 4.93. The predicted molar refractivity (Wildman–Crippen MR) is 293 cm³/mol. The minimum atomic E-state index is -0.456. The van der Waals surface area contributed by atoms with E-state index in [1.54, 1.807) is 0 Å². The highest BCUT2D eigenvalue weighted by atomic mass is 15.1. The summed E-state index contributed by atoms with van der Waals surface area (Å²) in [7, 11) is 0. The Morgan fingerprint density at radius 1 is 0.343 bits per heavy atom. The quantitative estimate of drug-likeness (QED) is 0.155. The Kier molecular flexibility index (Phi) is 8.88. The first-order valence-corrected chi connectivity index (χ1v) is 24.5. The van der Waals surface area contributed by atoms with E-state index in [0.717, 1.165) is 28.3 Å². The summed E-state index contributed by atoms with van der Waals surface area (Å²) in [6.45, 7) is 4.72. The lowest BCUT2D eigenvalue weighted by Crippen LogP contribution is -2.28. The van der Waals surface area contributed by atoms with Crippen LogP contribution in [-0.2, 0) is 10.8 Å². The highest BCUT2D eigenvalue weighted by Gasteiger charge is 2.46. The van der Waals surface area contributed by atoms with Crippen molar-refractivity contribution in [1.82, 2.24) is 4.57 Å². The molecule has 0 saturated carbocycles. The van der Waals surface area contributed by atoms with Crippen LogP contribution < -0.4 is 4.90 Å². The molecule has 2 nitrogen and oxygen atoms in total. The standard InChI is InChI=1S/C68H48N2/c1-67(2)60-30-16-14-27-55(60)56-39-37-52(43-63(56)67)69(50-25-10-5-11-26-50)53-38-40-57-59-41-46-19-12-13-20-47(46)42-64(59)70(65(57)44-53)51-35-33-45(34-36-51)54-29-18-32-62-66(54)58-28-15-17-31-61(58)68(62,48-21-6-3-7-22-48)49-23-8-4-9-24-49/h3-44H,1-2H3. The van der Waals surface area contributed by atoms with Gasteiger partial charge in [-0.2, -0.15) is 0 Å². The van der Waals surface area contributed by atoms with Crippen LogP contribution in [0.1, 0.15) is 47.2 Å². The SMILES string of the molecule is CC1(C)c2ccccc2-c2ccc(N(c3ccccc3)c3ccc4c5cc6ccccc6cc5n(-c5ccc(-c6cccc7c6-c6ccccc6C7(c6ccccc6)c6ccccc6)cc5)c4c3)cc21. The summed E-state index contributed by atoms with van der Waals surface area (Å²) in [6, 6.07) is 94.8.